The molecule has 0 aromatic heterocycles. The Labute approximate surface area is 186 Å². The second-order valence-electron chi connectivity index (χ2n) is 9.20. The van der Waals surface area contributed by atoms with Crippen molar-refractivity contribution in [1.29, 1.82) is 0 Å². The van der Waals surface area contributed by atoms with Gasteiger partial charge in [0, 0.05) is 36.3 Å². The van der Waals surface area contributed by atoms with Crippen molar-refractivity contribution in [2.75, 3.05) is 24.5 Å². The molecule has 2 aromatic rings. The topological polar surface area (TPSA) is 60.9 Å². The van der Waals surface area contributed by atoms with Crippen molar-refractivity contribution in [3.8, 4) is 5.75 Å². The number of phenolic OH excluding ortho intramolecular Hbond substituents is 1. The lowest BCUT2D eigenvalue weighted by Crippen LogP contribution is -2.38. The summed E-state index contributed by atoms with van der Waals surface area (Å²) < 4.78 is 15.1. The maximum absolute atomic E-state index is 13.6. The standard InChI is InChI=1S/C25H30N2O3S/c28-20-10-11-23-22(17-20)25(12-3-1-4-13-25)18-27(23)24(29)19-8-7-9-21(16-19)31(30)26-14-5-2-6-15-26/h7-11,16-17,28H,1-6,12-15,18H2. The lowest BCUT2D eigenvalue weighted by Gasteiger charge is -2.34. The summed E-state index contributed by atoms with van der Waals surface area (Å²) in [6.07, 6.45) is 8.97. The van der Waals surface area contributed by atoms with Crippen molar-refractivity contribution in [2.45, 2.75) is 61.7 Å². The Balaban J connectivity index is 1.45. The van der Waals surface area contributed by atoms with E-state index in [-0.39, 0.29) is 17.1 Å². The first kappa shape index (κ1) is 20.7. The second-order valence-corrected chi connectivity index (χ2v) is 10.7. The number of fused-ring (bicyclic) bond motifs is 2. The summed E-state index contributed by atoms with van der Waals surface area (Å²) in [5.74, 6) is 0.212. The van der Waals surface area contributed by atoms with E-state index in [0.717, 1.165) is 62.9 Å². The maximum Gasteiger partial charge on any atom is 0.258 e. The molecule has 1 spiro atoms. The molecule has 1 unspecified atom stereocenters. The number of benzene rings is 2. The first-order valence-electron chi connectivity index (χ1n) is 11.5. The average molecular weight is 439 g/mol. The number of phenols is 1. The van der Waals surface area contributed by atoms with Crippen molar-refractivity contribution < 1.29 is 14.1 Å². The maximum atomic E-state index is 13.6. The number of rotatable bonds is 3. The molecule has 2 aromatic carbocycles. The Morgan fingerprint density at radius 2 is 1.68 bits per heavy atom. The molecule has 2 heterocycles. The highest BCUT2D eigenvalue weighted by Gasteiger charge is 2.45. The van der Waals surface area contributed by atoms with Crippen LogP contribution in [0.1, 0.15) is 67.3 Å². The highest BCUT2D eigenvalue weighted by Crippen LogP contribution is 2.50. The molecule has 1 saturated heterocycles. The van der Waals surface area contributed by atoms with Crippen molar-refractivity contribution >= 4 is 22.6 Å². The van der Waals surface area contributed by atoms with Gasteiger partial charge < -0.3 is 10.0 Å². The van der Waals surface area contributed by atoms with Gasteiger partial charge in [-0.15, -0.1) is 0 Å². The predicted molar refractivity (Wildman–Crippen MR) is 123 cm³/mol. The van der Waals surface area contributed by atoms with Crippen LogP contribution < -0.4 is 4.90 Å². The Kier molecular flexibility index (Phi) is 5.61. The minimum absolute atomic E-state index is 0.0492. The van der Waals surface area contributed by atoms with Crippen LogP contribution in [-0.4, -0.2) is 39.2 Å². The molecule has 1 aliphatic carbocycles. The number of nitrogens with zero attached hydrogens (tertiary/aromatic N) is 2. The van der Waals surface area contributed by atoms with Crippen LogP contribution in [0.4, 0.5) is 5.69 Å². The number of anilines is 1. The molecule has 3 aliphatic rings. The van der Waals surface area contributed by atoms with Gasteiger partial charge in [0.25, 0.3) is 5.91 Å². The Hall–Kier alpha value is -2.18. The molecule has 5 rings (SSSR count). The predicted octanol–water partition coefficient (Wildman–Crippen LogP) is 4.76. The molecule has 31 heavy (non-hydrogen) atoms. The van der Waals surface area contributed by atoms with E-state index >= 15 is 0 Å². The zero-order valence-corrected chi connectivity index (χ0v) is 18.7. The fraction of sp³-hybridized carbons (Fsp3) is 0.480. The van der Waals surface area contributed by atoms with Crippen LogP contribution in [0.15, 0.2) is 47.4 Å². The van der Waals surface area contributed by atoms with Gasteiger partial charge in [0.1, 0.15) is 16.7 Å². The summed E-state index contributed by atoms with van der Waals surface area (Å²) in [5, 5.41) is 10.1. The Bertz CT molecular complexity index is 1010. The molecule has 0 radical (unpaired) electrons. The first-order chi connectivity index (χ1) is 15.1. The van der Waals surface area contributed by atoms with E-state index in [1.165, 1.54) is 12.8 Å². The molecule has 1 N–H and O–H groups in total. The van der Waals surface area contributed by atoms with E-state index < -0.39 is 11.0 Å². The van der Waals surface area contributed by atoms with Gasteiger partial charge >= 0.3 is 0 Å². The fourth-order valence-electron chi connectivity index (χ4n) is 5.57. The fourth-order valence-corrected chi connectivity index (χ4v) is 6.88. The first-order valence-corrected chi connectivity index (χ1v) is 12.6. The normalized spacial score (nSPS) is 21.7. The summed E-state index contributed by atoms with van der Waals surface area (Å²) in [6.45, 7) is 2.34. The van der Waals surface area contributed by atoms with E-state index in [9.17, 15) is 14.1 Å². The molecule has 1 atom stereocenters. The van der Waals surface area contributed by atoms with Gasteiger partial charge in [0.15, 0.2) is 0 Å². The van der Waals surface area contributed by atoms with Gasteiger partial charge in [-0.3, -0.25) is 4.79 Å². The van der Waals surface area contributed by atoms with E-state index in [2.05, 4.69) is 0 Å². The number of aromatic hydroxyl groups is 1. The summed E-state index contributed by atoms with van der Waals surface area (Å²) in [6, 6.07) is 12.7. The van der Waals surface area contributed by atoms with Crippen molar-refractivity contribution in [2.24, 2.45) is 0 Å². The van der Waals surface area contributed by atoms with Crippen LogP contribution >= 0.6 is 0 Å². The molecule has 5 nitrogen and oxygen atoms in total. The number of carbonyl (C=O) groups is 1. The third-order valence-corrected chi connectivity index (χ3v) is 8.68. The van der Waals surface area contributed by atoms with Crippen LogP contribution in [0, 0.1) is 0 Å². The number of hydrogen-bond donors (Lipinski definition) is 1. The van der Waals surface area contributed by atoms with Gasteiger partial charge in [-0.25, -0.2) is 8.51 Å². The molecule has 2 fully saturated rings. The molecular formula is C25H30N2O3S. The molecule has 1 amide bonds. The van der Waals surface area contributed by atoms with Crippen molar-refractivity contribution in [3.05, 3.63) is 53.6 Å². The van der Waals surface area contributed by atoms with Crippen LogP contribution in [0.5, 0.6) is 5.75 Å². The summed E-state index contributed by atoms with van der Waals surface area (Å²) in [4.78, 5) is 16.2. The van der Waals surface area contributed by atoms with Crippen molar-refractivity contribution in [1.82, 2.24) is 4.31 Å². The SMILES string of the molecule is O=C(c1cccc(S(=O)N2CCCCC2)c1)N1CC2(CCCCC2)c2cc(O)ccc21. The largest absolute Gasteiger partial charge is 0.508 e. The molecule has 0 bridgehead atoms. The van der Waals surface area contributed by atoms with Crippen LogP contribution in [-0.2, 0) is 16.4 Å². The second kappa shape index (κ2) is 8.40. The third-order valence-electron chi connectivity index (χ3n) is 7.19. The van der Waals surface area contributed by atoms with Gasteiger partial charge in [0.2, 0.25) is 0 Å². The van der Waals surface area contributed by atoms with Crippen LogP contribution in [0.25, 0.3) is 0 Å². The van der Waals surface area contributed by atoms with Gasteiger partial charge in [-0.2, -0.15) is 0 Å². The summed E-state index contributed by atoms with van der Waals surface area (Å²) in [5.41, 5.74) is 2.53. The zero-order chi connectivity index (χ0) is 21.4. The molecule has 2 aliphatic heterocycles. The Morgan fingerprint density at radius 1 is 0.935 bits per heavy atom. The molecule has 6 heteroatoms. The third kappa shape index (κ3) is 3.80. The highest BCUT2D eigenvalue weighted by atomic mass is 32.2. The zero-order valence-electron chi connectivity index (χ0n) is 17.9. The minimum Gasteiger partial charge on any atom is -0.508 e. The number of hydrogen-bond acceptors (Lipinski definition) is 3. The quantitative estimate of drug-likeness (QED) is 0.751. The van der Waals surface area contributed by atoms with Crippen LogP contribution in [0.3, 0.4) is 0 Å². The monoisotopic (exact) mass is 438 g/mol. The summed E-state index contributed by atoms with van der Waals surface area (Å²) in [7, 11) is -1.23. The number of amides is 1. The number of carbonyl (C=O) groups excluding carboxylic acids is 1. The molecule has 164 valence electrons. The van der Waals surface area contributed by atoms with Gasteiger partial charge in [-0.1, -0.05) is 31.7 Å². The number of piperidine rings is 1. The van der Waals surface area contributed by atoms with E-state index in [1.807, 2.05) is 39.5 Å². The minimum atomic E-state index is -1.23. The Morgan fingerprint density at radius 3 is 2.45 bits per heavy atom. The van der Waals surface area contributed by atoms with Gasteiger partial charge in [-0.05, 0) is 67.6 Å². The van der Waals surface area contributed by atoms with Crippen LogP contribution in [0.2, 0.25) is 0 Å². The highest BCUT2D eigenvalue weighted by molar-refractivity contribution is 7.82. The molecule has 1 saturated carbocycles. The lowest BCUT2D eigenvalue weighted by atomic mass is 9.71. The van der Waals surface area contributed by atoms with Crippen molar-refractivity contribution in [3.63, 3.8) is 0 Å². The lowest BCUT2D eigenvalue weighted by molar-refractivity contribution is 0.0982. The van der Waals surface area contributed by atoms with E-state index in [1.54, 1.807) is 12.1 Å². The van der Waals surface area contributed by atoms with Gasteiger partial charge in [0.05, 0.1) is 4.90 Å². The smallest absolute Gasteiger partial charge is 0.258 e. The molecular weight excluding hydrogens is 408 g/mol. The van der Waals surface area contributed by atoms with E-state index in [0.29, 0.717) is 17.0 Å². The van der Waals surface area contributed by atoms with E-state index in [4.69, 9.17) is 0 Å². The average Bonchev–Trinajstić information content (AvgIpc) is 3.12. The summed E-state index contributed by atoms with van der Waals surface area (Å²) >= 11 is 0.